The van der Waals surface area contributed by atoms with Crippen LogP contribution >= 0.6 is 22.6 Å². The Morgan fingerprint density at radius 2 is 0.736 bits per heavy atom. The van der Waals surface area contributed by atoms with Gasteiger partial charge in [-0.2, -0.15) is 0 Å². The van der Waals surface area contributed by atoms with Gasteiger partial charge in [-0.3, -0.25) is 0 Å². The smallest absolute Gasteiger partial charge is 0.338 e. The summed E-state index contributed by atoms with van der Waals surface area (Å²) in [6.07, 6.45) is 2.24. The Bertz CT molecular complexity index is 890. The molecular weight excluding hydrogens is 809 g/mol. The lowest BCUT2D eigenvalue weighted by Crippen LogP contribution is -2.16. The molecule has 0 unspecified atom stereocenters. The van der Waals surface area contributed by atoms with Crippen molar-refractivity contribution in [2.75, 3.05) is 181 Å². The Balaban J connectivity index is 1.67. The van der Waals surface area contributed by atoms with Crippen LogP contribution in [0.5, 0.6) is 0 Å². The molecule has 1 aromatic rings. The molecule has 310 valence electrons. The minimum atomic E-state index is -0.362. The number of ether oxygens (including phenoxy) is 13. The van der Waals surface area contributed by atoms with Crippen LogP contribution < -0.4 is 5.32 Å². The Hall–Kier alpha value is -1.26. The van der Waals surface area contributed by atoms with Gasteiger partial charge in [0.2, 0.25) is 0 Å². The molecule has 53 heavy (non-hydrogen) atoms. The summed E-state index contributed by atoms with van der Waals surface area (Å²) in [6.45, 7) is 15.5. The molecule has 0 radical (unpaired) electrons. The first-order valence-corrected chi connectivity index (χ1v) is 20.3. The van der Waals surface area contributed by atoms with Crippen LogP contribution in [0.25, 0.3) is 0 Å². The number of anilines is 1. The maximum atomic E-state index is 12.1. The van der Waals surface area contributed by atoms with E-state index in [9.17, 15) is 4.79 Å². The van der Waals surface area contributed by atoms with Crippen LogP contribution in [-0.2, 0) is 61.6 Å². The molecule has 0 spiro atoms. The Kier molecular flexibility index (Phi) is 39.3. The first-order valence-electron chi connectivity index (χ1n) is 18.8. The lowest BCUT2D eigenvalue weighted by molar-refractivity contribution is -0.0286. The van der Waals surface area contributed by atoms with Crippen molar-refractivity contribution in [3.63, 3.8) is 0 Å². The summed E-state index contributed by atoms with van der Waals surface area (Å²) in [7, 11) is 0. The highest BCUT2D eigenvalue weighted by atomic mass is 127. The third-order valence-electron chi connectivity index (χ3n) is 6.75. The van der Waals surface area contributed by atoms with Crippen molar-refractivity contribution in [1.29, 1.82) is 0 Å². The first kappa shape index (κ1) is 49.8. The largest absolute Gasteiger partial charge is 0.460 e. The zero-order valence-electron chi connectivity index (χ0n) is 31.9. The summed E-state index contributed by atoms with van der Waals surface area (Å²) in [6, 6.07) is 7.29. The molecule has 0 amide bonds. The van der Waals surface area contributed by atoms with Crippen LogP contribution in [0.1, 0.15) is 30.1 Å². The highest BCUT2D eigenvalue weighted by molar-refractivity contribution is 14.1. The Labute approximate surface area is 330 Å². The van der Waals surface area contributed by atoms with Crippen molar-refractivity contribution in [3.8, 4) is 0 Å². The number of unbranched alkanes of at least 4 members (excludes halogenated alkanes) is 1. The van der Waals surface area contributed by atoms with Gasteiger partial charge in [-0.05, 0) is 30.7 Å². The molecule has 0 heterocycles. The van der Waals surface area contributed by atoms with E-state index < -0.39 is 0 Å². The predicted molar refractivity (Wildman–Crippen MR) is 209 cm³/mol. The molecule has 0 fully saturated rings. The quantitative estimate of drug-likeness (QED) is 0.0440. The van der Waals surface area contributed by atoms with Crippen LogP contribution in [-0.4, -0.2) is 182 Å². The molecule has 0 atom stereocenters. The summed E-state index contributed by atoms with van der Waals surface area (Å²) < 4.78 is 71.8. The molecule has 0 bridgehead atoms. The Morgan fingerprint density at radius 1 is 0.453 bits per heavy atom. The summed E-state index contributed by atoms with van der Waals surface area (Å²) in [4.78, 5) is 12.1. The van der Waals surface area contributed by atoms with Gasteiger partial charge in [-0.25, -0.2) is 4.79 Å². The summed E-state index contributed by atoms with van der Waals surface area (Å²) in [5.74, 6) is -0.362. The van der Waals surface area contributed by atoms with Crippen molar-refractivity contribution < 1.29 is 66.4 Å². The fourth-order valence-electron chi connectivity index (χ4n) is 3.99. The second-order valence-electron chi connectivity index (χ2n) is 11.0. The number of hydrogen-bond donors (Lipinski definition) is 1. The topological polar surface area (TPSA) is 149 Å². The maximum absolute atomic E-state index is 12.1. The maximum Gasteiger partial charge on any atom is 0.338 e. The van der Waals surface area contributed by atoms with Gasteiger partial charge in [0, 0.05) is 16.7 Å². The number of rotatable bonds is 43. The monoisotopic (exact) mass is 875 g/mol. The van der Waals surface area contributed by atoms with Crippen molar-refractivity contribution in [3.05, 3.63) is 29.8 Å². The van der Waals surface area contributed by atoms with Gasteiger partial charge in [-0.15, -0.1) is 0 Å². The molecule has 0 saturated carbocycles. The minimum absolute atomic E-state index is 0.189. The number of carbonyl (C=O) groups excluding carboxylic acids is 1. The van der Waals surface area contributed by atoms with Gasteiger partial charge in [0.1, 0.15) is 6.61 Å². The normalized spacial score (nSPS) is 11.4. The number of hydrogen-bond acceptors (Lipinski definition) is 15. The molecule has 0 aliphatic carbocycles. The van der Waals surface area contributed by atoms with Gasteiger partial charge >= 0.3 is 5.97 Å². The molecular formula is C37H66INO14. The van der Waals surface area contributed by atoms with E-state index in [2.05, 4.69) is 34.8 Å². The van der Waals surface area contributed by atoms with E-state index in [1.807, 2.05) is 12.1 Å². The second-order valence-corrected chi connectivity index (χ2v) is 12.1. The minimum Gasteiger partial charge on any atom is -0.460 e. The van der Waals surface area contributed by atoms with Crippen molar-refractivity contribution >= 4 is 34.2 Å². The van der Waals surface area contributed by atoms with E-state index in [-0.39, 0.29) is 12.6 Å². The summed E-state index contributed by atoms with van der Waals surface area (Å²) >= 11 is 2.28. The van der Waals surface area contributed by atoms with Gasteiger partial charge in [0.15, 0.2) is 0 Å². The van der Waals surface area contributed by atoms with E-state index in [0.29, 0.717) is 158 Å². The predicted octanol–water partition coefficient (Wildman–Crippen LogP) is 3.69. The fraction of sp³-hybridized carbons (Fsp3) is 0.811. The SMILES string of the molecule is CCCCNc1ccc(C(=O)OCCOCCOCCOCCOCCOCCOCCOCCOCCOCCOCCOCCOCCI)cc1. The van der Waals surface area contributed by atoms with E-state index >= 15 is 0 Å². The average Bonchev–Trinajstić information content (AvgIpc) is 3.17. The van der Waals surface area contributed by atoms with Crippen LogP contribution in [0, 0.1) is 0 Å². The highest BCUT2D eigenvalue weighted by Gasteiger charge is 2.07. The van der Waals surface area contributed by atoms with Crippen molar-refractivity contribution in [2.45, 2.75) is 19.8 Å². The van der Waals surface area contributed by atoms with E-state index in [1.54, 1.807) is 12.1 Å². The third kappa shape index (κ3) is 36.2. The zero-order chi connectivity index (χ0) is 38.0. The molecule has 0 saturated heterocycles. The number of esters is 1. The van der Waals surface area contributed by atoms with Crippen LogP contribution in [0.4, 0.5) is 5.69 Å². The second kappa shape index (κ2) is 41.9. The third-order valence-corrected chi connectivity index (χ3v) is 7.19. The van der Waals surface area contributed by atoms with Gasteiger partial charge in [-0.1, -0.05) is 35.9 Å². The summed E-state index contributed by atoms with van der Waals surface area (Å²) in [5.41, 5.74) is 1.51. The standard InChI is InChI=1S/C37H66INO14/c1-2-3-9-39-36-6-4-35(5-7-36)37(40)53-34-33-52-32-31-51-30-29-50-28-27-49-26-25-48-24-23-47-22-21-46-20-19-45-18-17-44-16-15-43-14-13-42-12-11-41-10-8-38/h4-7,39H,2-3,8-34H2,1H3. The number of halogens is 1. The number of benzene rings is 1. The van der Waals surface area contributed by atoms with Gasteiger partial charge < -0.3 is 66.9 Å². The molecule has 16 heteroatoms. The Morgan fingerprint density at radius 3 is 1.02 bits per heavy atom. The van der Waals surface area contributed by atoms with E-state index in [4.69, 9.17) is 61.6 Å². The number of alkyl halides is 1. The molecule has 1 N–H and O–H groups in total. The number of carbonyl (C=O) groups is 1. The molecule has 0 aliphatic heterocycles. The van der Waals surface area contributed by atoms with E-state index in [0.717, 1.165) is 36.1 Å². The van der Waals surface area contributed by atoms with E-state index in [1.165, 1.54) is 0 Å². The van der Waals surface area contributed by atoms with Crippen LogP contribution in [0.3, 0.4) is 0 Å². The lowest BCUT2D eigenvalue weighted by atomic mass is 10.2. The molecule has 0 aromatic heterocycles. The first-order chi connectivity index (χ1) is 26.3. The fourth-order valence-corrected chi connectivity index (χ4v) is 4.30. The molecule has 1 rings (SSSR count). The zero-order valence-corrected chi connectivity index (χ0v) is 34.1. The summed E-state index contributed by atoms with van der Waals surface area (Å²) in [5, 5.41) is 3.32. The highest BCUT2D eigenvalue weighted by Crippen LogP contribution is 2.11. The van der Waals surface area contributed by atoms with Crippen molar-refractivity contribution in [1.82, 2.24) is 0 Å². The van der Waals surface area contributed by atoms with Gasteiger partial charge in [0.05, 0.1) is 164 Å². The molecule has 1 aromatic carbocycles. The van der Waals surface area contributed by atoms with Crippen LogP contribution in [0.15, 0.2) is 24.3 Å². The van der Waals surface area contributed by atoms with Gasteiger partial charge in [0.25, 0.3) is 0 Å². The van der Waals surface area contributed by atoms with Crippen molar-refractivity contribution in [2.24, 2.45) is 0 Å². The lowest BCUT2D eigenvalue weighted by Gasteiger charge is -2.09. The molecule has 0 aliphatic rings. The molecule has 15 nitrogen and oxygen atoms in total. The average molecular weight is 876 g/mol. The van der Waals surface area contributed by atoms with Crippen LogP contribution in [0.2, 0.25) is 0 Å². The number of nitrogens with one attached hydrogen (secondary N) is 1.